The molecule has 7 heteroatoms. The van der Waals surface area contributed by atoms with Crippen LogP contribution in [0, 0.1) is 0 Å². The molecule has 0 bridgehead atoms. The Labute approximate surface area is 141 Å². The number of ether oxygens (including phenoxy) is 1. The number of sulfonamides is 1. The molecule has 2 aromatic carbocycles. The van der Waals surface area contributed by atoms with Crippen LogP contribution in [0.15, 0.2) is 53.4 Å². The lowest BCUT2D eigenvalue weighted by Gasteiger charge is -2.08. The number of methoxy groups -OCH3 is 1. The Hall–Kier alpha value is -2.38. The highest BCUT2D eigenvalue weighted by atomic mass is 32.2. The van der Waals surface area contributed by atoms with Gasteiger partial charge in [0.25, 0.3) is 5.91 Å². The van der Waals surface area contributed by atoms with Gasteiger partial charge in [0.2, 0.25) is 10.0 Å². The molecule has 2 aromatic rings. The molecule has 0 spiro atoms. The molecular formula is C17H20N2O4S. The van der Waals surface area contributed by atoms with Crippen LogP contribution in [0.25, 0.3) is 0 Å². The maximum Gasteiger partial charge on any atom is 0.255 e. The van der Waals surface area contributed by atoms with Crippen molar-refractivity contribution in [1.29, 1.82) is 0 Å². The van der Waals surface area contributed by atoms with Crippen LogP contribution >= 0.6 is 0 Å². The normalized spacial score (nSPS) is 11.1. The van der Waals surface area contributed by atoms with Gasteiger partial charge in [0, 0.05) is 17.8 Å². The second kappa shape index (κ2) is 7.94. The molecule has 24 heavy (non-hydrogen) atoms. The summed E-state index contributed by atoms with van der Waals surface area (Å²) < 4.78 is 31.5. The number of carbonyl (C=O) groups excluding carboxylic acids is 1. The van der Waals surface area contributed by atoms with Crippen molar-refractivity contribution in [1.82, 2.24) is 4.72 Å². The number of hydrogen-bond acceptors (Lipinski definition) is 4. The highest BCUT2D eigenvalue weighted by Crippen LogP contribution is 2.17. The molecule has 0 aromatic heterocycles. The third-order valence-corrected chi connectivity index (χ3v) is 4.79. The zero-order valence-corrected chi connectivity index (χ0v) is 14.4. The molecule has 0 saturated heterocycles. The van der Waals surface area contributed by atoms with Gasteiger partial charge in [0.05, 0.1) is 12.0 Å². The first-order valence-electron chi connectivity index (χ1n) is 7.51. The van der Waals surface area contributed by atoms with E-state index < -0.39 is 10.0 Å². The third-order valence-electron chi connectivity index (χ3n) is 3.32. The lowest BCUT2D eigenvalue weighted by Crippen LogP contribution is -2.24. The molecule has 2 rings (SSSR count). The minimum absolute atomic E-state index is 0.136. The summed E-state index contributed by atoms with van der Waals surface area (Å²) in [7, 11) is -1.96. The zero-order valence-electron chi connectivity index (χ0n) is 13.6. The lowest BCUT2D eigenvalue weighted by atomic mass is 10.2. The van der Waals surface area contributed by atoms with Crippen molar-refractivity contribution in [3.05, 3.63) is 54.1 Å². The van der Waals surface area contributed by atoms with Crippen molar-refractivity contribution in [3.63, 3.8) is 0 Å². The van der Waals surface area contributed by atoms with Crippen LogP contribution in [0.2, 0.25) is 0 Å². The molecule has 0 radical (unpaired) electrons. The van der Waals surface area contributed by atoms with Crippen LogP contribution < -0.4 is 14.8 Å². The molecule has 128 valence electrons. The fourth-order valence-corrected chi connectivity index (χ4v) is 3.12. The standard InChI is InChI=1S/C17H20N2O4S/c1-3-12-18-24(21,22)16-10-4-13(5-11-16)17(20)19-14-6-8-15(23-2)9-7-14/h4-11,18H,3,12H2,1-2H3,(H,19,20). The van der Waals surface area contributed by atoms with E-state index in [9.17, 15) is 13.2 Å². The molecule has 0 fully saturated rings. The minimum atomic E-state index is -3.53. The van der Waals surface area contributed by atoms with Crippen molar-refractivity contribution in [2.24, 2.45) is 0 Å². The number of nitrogens with one attached hydrogen (secondary N) is 2. The quantitative estimate of drug-likeness (QED) is 0.805. The average molecular weight is 348 g/mol. The van der Waals surface area contributed by atoms with Gasteiger partial charge in [-0.05, 0) is 55.0 Å². The van der Waals surface area contributed by atoms with Gasteiger partial charge in [-0.3, -0.25) is 4.79 Å². The Kier molecular flexibility index (Phi) is 5.94. The van der Waals surface area contributed by atoms with Crippen LogP contribution in [-0.2, 0) is 10.0 Å². The largest absolute Gasteiger partial charge is 0.497 e. The second-order valence-corrected chi connectivity index (χ2v) is 6.87. The van der Waals surface area contributed by atoms with Crippen LogP contribution in [0.3, 0.4) is 0 Å². The summed E-state index contributed by atoms with van der Waals surface area (Å²) in [6, 6.07) is 12.7. The van der Waals surface area contributed by atoms with E-state index in [4.69, 9.17) is 4.74 Å². The van der Waals surface area contributed by atoms with Gasteiger partial charge in [-0.15, -0.1) is 0 Å². The molecule has 0 aliphatic carbocycles. The summed E-state index contributed by atoms with van der Waals surface area (Å²) >= 11 is 0. The zero-order chi connectivity index (χ0) is 17.6. The molecule has 0 aliphatic rings. The summed E-state index contributed by atoms with van der Waals surface area (Å²) in [6.45, 7) is 2.26. The van der Waals surface area contributed by atoms with Gasteiger partial charge < -0.3 is 10.1 Å². The fourth-order valence-electron chi connectivity index (χ4n) is 1.98. The van der Waals surface area contributed by atoms with Crippen LogP contribution in [-0.4, -0.2) is 28.0 Å². The van der Waals surface area contributed by atoms with E-state index >= 15 is 0 Å². The summed E-state index contributed by atoms with van der Waals surface area (Å²) in [5.41, 5.74) is 1.00. The number of carbonyl (C=O) groups is 1. The first-order valence-corrected chi connectivity index (χ1v) is 8.99. The number of hydrogen-bond donors (Lipinski definition) is 2. The summed E-state index contributed by atoms with van der Waals surface area (Å²) in [6.07, 6.45) is 0.710. The number of anilines is 1. The minimum Gasteiger partial charge on any atom is -0.497 e. The van der Waals surface area contributed by atoms with Gasteiger partial charge in [-0.2, -0.15) is 0 Å². The Morgan fingerprint density at radius 1 is 1.04 bits per heavy atom. The number of amides is 1. The van der Waals surface area contributed by atoms with E-state index in [1.165, 1.54) is 24.3 Å². The molecule has 2 N–H and O–H groups in total. The maximum absolute atomic E-state index is 12.2. The molecule has 0 aliphatic heterocycles. The Balaban J connectivity index is 2.07. The van der Waals surface area contributed by atoms with Gasteiger partial charge in [-0.1, -0.05) is 6.92 Å². The van der Waals surface area contributed by atoms with E-state index in [2.05, 4.69) is 10.0 Å². The highest BCUT2D eigenvalue weighted by Gasteiger charge is 2.14. The second-order valence-electron chi connectivity index (χ2n) is 5.10. The van der Waals surface area contributed by atoms with E-state index in [1.807, 2.05) is 6.92 Å². The van der Waals surface area contributed by atoms with Crippen molar-refractivity contribution in [2.45, 2.75) is 18.2 Å². The average Bonchev–Trinajstić information content (AvgIpc) is 2.60. The summed E-state index contributed by atoms with van der Waals surface area (Å²) in [4.78, 5) is 12.3. The van der Waals surface area contributed by atoms with Crippen LogP contribution in [0.1, 0.15) is 23.7 Å². The van der Waals surface area contributed by atoms with E-state index in [1.54, 1.807) is 31.4 Å². The lowest BCUT2D eigenvalue weighted by molar-refractivity contribution is 0.102. The SMILES string of the molecule is CCCNS(=O)(=O)c1ccc(C(=O)Nc2ccc(OC)cc2)cc1. The predicted molar refractivity (Wildman–Crippen MR) is 92.9 cm³/mol. The van der Waals surface area contributed by atoms with Crippen molar-refractivity contribution in [3.8, 4) is 5.75 Å². The van der Waals surface area contributed by atoms with E-state index in [0.717, 1.165) is 0 Å². The highest BCUT2D eigenvalue weighted by molar-refractivity contribution is 7.89. The molecule has 0 saturated carbocycles. The topological polar surface area (TPSA) is 84.5 Å². The Morgan fingerprint density at radius 3 is 2.21 bits per heavy atom. The van der Waals surface area contributed by atoms with Gasteiger partial charge in [-0.25, -0.2) is 13.1 Å². The predicted octanol–water partition coefficient (Wildman–Crippen LogP) is 2.64. The first-order chi connectivity index (χ1) is 11.5. The first kappa shape index (κ1) is 18.0. The molecular weight excluding hydrogens is 328 g/mol. The smallest absolute Gasteiger partial charge is 0.255 e. The Bertz CT molecular complexity index is 784. The monoisotopic (exact) mass is 348 g/mol. The van der Waals surface area contributed by atoms with Crippen molar-refractivity contribution < 1.29 is 17.9 Å². The third kappa shape index (κ3) is 4.56. The Morgan fingerprint density at radius 2 is 1.67 bits per heavy atom. The van der Waals surface area contributed by atoms with Gasteiger partial charge >= 0.3 is 0 Å². The van der Waals surface area contributed by atoms with E-state index in [-0.39, 0.29) is 10.8 Å². The maximum atomic E-state index is 12.2. The molecule has 0 atom stereocenters. The van der Waals surface area contributed by atoms with Gasteiger partial charge in [0.1, 0.15) is 5.75 Å². The molecule has 0 unspecified atom stereocenters. The van der Waals surface area contributed by atoms with Crippen LogP contribution in [0.4, 0.5) is 5.69 Å². The van der Waals surface area contributed by atoms with Crippen molar-refractivity contribution >= 4 is 21.6 Å². The van der Waals surface area contributed by atoms with Gasteiger partial charge in [0.15, 0.2) is 0 Å². The fraction of sp³-hybridized carbons (Fsp3) is 0.235. The van der Waals surface area contributed by atoms with Crippen molar-refractivity contribution in [2.75, 3.05) is 19.0 Å². The van der Waals surface area contributed by atoms with Crippen LogP contribution in [0.5, 0.6) is 5.75 Å². The number of benzene rings is 2. The summed E-state index contributed by atoms with van der Waals surface area (Å²) in [5.74, 6) is 0.382. The number of rotatable bonds is 7. The molecule has 0 heterocycles. The molecule has 6 nitrogen and oxygen atoms in total. The van der Waals surface area contributed by atoms with E-state index in [0.29, 0.717) is 30.0 Å². The summed E-state index contributed by atoms with van der Waals surface area (Å²) in [5, 5.41) is 2.74. The molecule has 1 amide bonds.